The van der Waals surface area contributed by atoms with Crippen LogP contribution in [0.5, 0.6) is 5.75 Å². The summed E-state index contributed by atoms with van der Waals surface area (Å²) in [7, 11) is 0. The molecule has 5 atom stereocenters. The smallest absolute Gasteiger partial charge is 0.419 e. The van der Waals surface area contributed by atoms with Gasteiger partial charge in [0.1, 0.15) is 11.9 Å². The molecule has 3 saturated heterocycles. The number of halogens is 6. The molecule has 0 saturated carbocycles. The molecule has 6 rings (SSSR count). The largest absolute Gasteiger partial charge is 0.483 e. The van der Waals surface area contributed by atoms with Gasteiger partial charge in [-0.2, -0.15) is 26.3 Å². The minimum atomic E-state index is -5.03. The lowest BCUT2D eigenvalue weighted by atomic mass is 9.73. The fraction of sp³-hybridized carbons (Fsp3) is 0.370. The number of aromatic nitrogens is 1. The Labute approximate surface area is 204 Å². The number of hydrogen-bond donors (Lipinski definition) is 0. The number of hydrogen-bond acceptors (Lipinski definition) is 3. The Balaban J connectivity index is 1.62. The summed E-state index contributed by atoms with van der Waals surface area (Å²) in [6, 6.07) is 10.3. The molecule has 190 valence electrons. The molecule has 36 heavy (non-hydrogen) atoms. The van der Waals surface area contributed by atoms with Crippen LogP contribution in [0.4, 0.5) is 26.3 Å². The van der Waals surface area contributed by atoms with E-state index in [1.54, 1.807) is 18.3 Å². The number of nitrogens with zero attached hydrogens (tertiary/aromatic N) is 2. The van der Waals surface area contributed by atoms with Gasteiger partial charge in [0.05, 0.1) is 22.7 Å². The first kappa shape index (κ1) is 24.6. The van der Waals surface area contributed by atoms with Crippen molar-refractivity contribution < 1.29 is 31.1 Å². The van der Waals surface area contributed by atoms with Gasteiger partial charge in [-0.1, -0.05) is 24.3 Å². The number of para-hydroxylation sites is 1. The summed E-state index contributed by atoms with van der Waals surface area (Å²) in [4.78, 5) is 6.56. The van der Waals surface area contributed by atoms with E-state index in [9.17, 15) is 26.3 Å². The van der Waals surface area contributed by atoms with Crippen molar-refractivity contribution in [2.75, 3.05) is 13.1 Å². The number of benzene rings is 2. The van der Waals surface area contributed by atoms with Crippen LogP contribution in [0.2, 0.25) is 0 Å². The van der Waals surface area contributed by atoms with Crippen LogP contribution in [0.15, 0.2) is 67.4 Å². The number of alkyl halides is 6. The second kappa shape index (κ2) is 9.10. The summed E-state index contributed by atoms with van der Waals surface area (Å²) in [5.41, 5.74) is -1.50. The number of pyridine rings is 1. The number of ether oxygens (including phenoxy) is 1. The van der Waals surface area contributed by atoms with Crippen molar-refractivity contribution in [2.24, 2.45) is 11.8 Å². The highest BCUT2D eigenvalue weighted by atomic mass is 19.4. The molecule has 3 fully saturated rings. The molecule has 9 heteroatoms. The Kier molecular flexibility index (Phi) is 6.22. The summed E-state index contributed by atoms with van der Waals surface area (Å²) in [6.07, 6.45) is -5.65. The van der Waals surface area contributed by atoms with Crippen molar-refractivity contribution in [1.29, 1.82) is 0 Å². The van der Waals surface area contributed by atoms with E-state index >= 15 is 0 Å². The zero-order valence-electron chi connectivity index (χ0n) is 19.2. The molecule has 3 nitrogen and oxygen atoms in total. The first-order valence-electron chi connectivity index (χ1n) is 11.7. The maximum Gasteiger partial charge on any atom is 0.419 e. The van der Waals surface area contributed by atoms with Gasteiger partial charge in [0.2, 0.25) is 0 Å². The van der Waals surface area contributed by atoms with E-state index in [0.717, 1.165) is 24.4 Å². The molecule has 3 aromatic rings. The van der Waals surface area contributed by atoms with Crippen LogP contribution >= 0.6 is 0 Å². The van der Waals surface area contributed by atoms with Gasteiger partial charge in [-0.3, -0.25) is 9.88 Å². The van der Waals surface area contributed by atoms with E-state index in [-0.39, 0.29) is 18.0 Å². The van der Waals surface area contributed by atoms with Crippen molar-refractivity contribution in [3.8, 4) is 5.75 Å². The molecular weight excluding hydrogens is 482 g/mol. The third-order valence-electron chi connectivity index (χ3n) is 7.36. The summed E-state index contributed by atoms with van der Waals surface area (Å²) in [5, 5.41) is 0.730. The van der Waals surface area contributed by atoms with Crippen molar-refractivity contribution in [1.82, 2.24) is 9.88 Å². The lowest BCUT2D eigenvalue weighted by Crippen LogP contribution is -2.55. The maximum atomic E-state index is 13.9. The van der Waals surface area contributed by atoms with E-state index in [2.05, 4.69) is 16.5 Å². The molecule has 0 aliphatic carbocycles. The van der Waals surface area contributed by atoms with Crippen LogP contribution in [0.25, 0.3) is 10.9 Å². The molecular formula is C27H24F6N2O. The van der Waals surface area contributed by atoms with E-state index in [1.807, 2.05) is 24.3 Å². The zero-order valence-corrected chi connectivity index (χ0v) is 19.2. The van der Waals surface area contributed by atoms with Crippen LogP contribution < -0.4 is 4.74 Å². The SMILES string of the molecule is C=C[C@@H]1CN2CC[C@H]1C[C@H]2[C@H](Oc1ccc(C(F)(F)F)cc1C(F)(F)F)c1ccnc2ccccc12. The summed E-state index contributed by atoms with van der Waals surface area (Å²) >= 11 is 0. The Hall–Kier alpha value is -3.07. The monoisotopic (exact) mass is 506 g/mol. The summed E-state index contributed by atoms with van der Waals surface area (Å²) in [5.74, 6) is -0.0302. The average Bonchev–Trinajstić information content (AvgIpc) is 2.86. The Morgan fingerprint density at radius 3 is 2.47 bits per heavy atom. The third-order valence-corrected chi connectivity index (χ3v) is 7.36. The second-order valence-corrected chi connectivity index (χ2v) is 9.41. The molecule has 4 heterocycles. The number of fused-ring (bicyclic) bond motifs is 4. The van der Waals surface area contributed by atoms with Crippen LogP contribution in [0.1, 0.15) is 35.6 Å². The van der Waals surface area contributed by atoms with Gasteiger partial charge in [0.15, 0.2) is 0 Å². The van der Waals surface area contributed by atoms with Crippen LogP contribution in [0, 0.1) is 11.8 Å². The van der Waals surface area contributed by atoms with Gasteiger partial charge >= 0.3 is 12.4 Å². The Morgan fingerprint density at radius 1 is 1.03 bits per heavy atom. The molecule has 2 bridgehead atoms. The van der Waals surface area contributed by atoms with Gasteiger partial charge in [-0.05, 0) is 61.6 Å². The molecule has 1 unspecified atom stereocenters. The van der Waals surface area contributed by atoms with Crippen molar-refractivity contribution in [3.05, 3.63) is 84.1 Å². The topological polar surface area (TPSA) is 25.4 Å². The second-order valence-electron chi connectivity index (χ2n) is 9.41. The predicted octanol–water partition coefficient (Wildman–Crippen LogP) is 7.29. The highest BCUT2D eigenvalue weighted by Gasteiger charge is 2.45. The third kappa shape index (κ3) is 4.56. The van der Waals surface area contributed by atoms with E-state index in [4.69, 9.17) is 4.74 Å². The summed E-state index contributed by atoms with van der Waals surface area (Å²) in [6.45, 7) is 5.40. The lowest BCUT2D eigenvalue weighted by Gasteiger charge is -2.51. The fourth-order valence-electron chi connectivity index (χ4n) is 5.57. The van der Waals surface area contributed by atoms with Crippen LogP contribution in [-0.4, -0.2) is 29.0 Å². The highest BCUT2D eigenvalue weighted by molar-refractivity contribution is 5.82. The van der Waals surface area contributed by atoms with E-state index in [0.29, 0.717) is 36.0 Å². The molecule has 2 aromatic carbocycles. The van der Waals surface area contributed by atoms with Crippen LogP contribution in [0.3, 0.4) is 0 Å². The minimum Gasteiger partial charge on any atom is -0.483 e. The van der Waals surface area contributed by atoms with E-state index < -0.39 is 35.3 Å². The lowest BCUT2D eigenvalue weighted by molar-refractivity contribution is -0.144. The predicted molar refractivity (Wildman–Crippen MR) is 123 cm³/mol. The zero-order chi connectivity index (χ0) is 25.7. The maximum absolute atomic E-state index is 13.9. The first-order valence-corrected chi connectivity index (χ1v) is 11.7. The Bertz CT molecular complexity index is 1270. The number of rotatable bonds is 5. The van der Waals surface area contributed by atoms with Gasteiger partial charge in [-0.15, -0.1) is 6.58 Å². The standard InChI is InChI=1S/C27H24F6N2O/c1-2-16-15-35-12-10-17(16)13-23(35)25(20-9-11-34-22-6-4-3-5-19(20)22)36-24-8-7-18(26(28,29)30)14-21(24)27(31,32)33/h2-9,11,14,16-17,23,25H,1,10,12-13,15H2/t16-,17+,23+,25-/m1/s1. The molecule has 0 N–H and O–H groups in total. The van der Waals surface area contributed by atoms with Gasteiger partial charge in [-0.25, -0.2) is 0 Å². The minimum absolute atomic E-state index is 0.123. The van der Waals surface area contributed by atoms with E-state index in [1.165, 1.54) is 0 Å². The van der Waals surface area contributed by atoms with Crippen molar-refractivity contribution in [2.45, 2.75) is 37.3 Å². The normalized spacial score (nSPS) is 25.1. The average molecular weight is 506 g/mol. The molecule has 1 aromatic heterocycles. The fourth-order valence-corrected chi connectivity index (χ4v) is 5.57. The Morgan fingerprint density at radius 2 is 1.81 bits per heavy atom. The molecule has 3 aliphatic heterocycles. The quantitative estimate of drug-likeness (QED) is 0.268. The molecule has 0 amide bonds. The van der Waals surface area contributed by atoms with Crippen molar-refractivity contribution in [3.63, 3.8) is 0 Å². The highest BCUT2D eigenvalue weighted by Crippen LogP contribution is 2.46. The van der Waals surface area contributed by atoms with Crippen molar-refractivity contribution >= 4 is 10.9 Å². The molecule has 3 aliphatic rings. The van der Waals surface area contributed by atoms with Gasteiger partial charge in [0.25, 0.3) is 0 Å². The van der Waals surface area contributed by atoms with Gasteiger partial charge < -0.3 is 4.74 Å². The van der Waals surface area contributed by atoms with Gasteiger partial charge in [0, 0.05) is 23.7 Å². The van der Waals surface area contributed by atoms with Crippen LogP contribution in [-0.2, 0) is 12.4 Å². The molecule has 0 spiro atoms. The first-order chi connectivity index (χ1) is 17.1. The number of piperidine rings is 3. The molecule has 0 radical (unpaired) electrons. The summed E-state index contributed by atoms with van der Waals surface area (Å²) < 4.78 is 87.6.